The first-order chi connectivity index (χ1) is 14.4. The number of piperidine rings is 1. The zero-order chi connectivity index (χ0) is 21.9. The van der Waals surface area contributed by atoms with Crippen LogP contribution < -0.4 is 10.6 Å². The minimum atomic E-state index is 0.564. The van der Waals surface area contributed by atoms with Crippen molar-refractivity contribution in [1.82, 2.24) is 25.4 Å². The van der Waals surface area contributed by atoms with Crippen molar-refractivity contribution in [1.29, 1.82) is 0 Å². The second-order valence-corrected chi connectivity index (χ2v) is 9.82. The normalized spacial score (nSPS) is 16.8. The number of nitrogens with one attached hydrogen (secondary N) is 2. The molecule has 0 spiro atoms. The third-order valence-electron chi connectivity index (χ3n) is 5.84. The van der Waals surface area contributed by atoms with E-state index in [-0.39, 0.29) is 0 Å². The van der Waals surface area contributed by atoms with Gasteiger partial charge in [-0.3, -0.25) is 14.8 Å². The van der Waals surface area contributed by atoms with Crippen LogP contribution in [0.15, 0.2) is 10.4 Å². The van der Waals surface area contributed by atoms with Crippen molar-refractivity contribution in [2.45, 2.75) is 79.4 Å². The van der Waals surface area contributed by atoms with E-state index < -0.39 is 0 Å². The summed E-state index contributed by atoms with van der Waals surface area (Å²) in [5, 5.41) is 10.4. The van der Waals surface area contributed by atoms with Gasteiger partial charge >= 0.3 is 0 Å². The fourth-order valence-electron chi connectivity index (χ4n) is 4.12. The summed E-state index contributed by atoms with van der Waals surface area (Å²) in [6, 6.07) is 1.13. The number of thiazole rings is 1. The first-order valence-electron chi connectivity index (χ1n) is 11.9. The Balaban J connectivity index is 1.74. The van der Waals surface area contributed by atoms with Crippen LogP contribution >= 0.6 is 11.3 Å². The molecule has 0 bridgehead atoms. The number of likely N-dealkylation sites (tertiary alicyclic amines) is 1. The van der Waals surface area contributed by atoms with Crippen LogP contribution in [-0.2, 0) is 13.0 Å². The number of hydrogen-bond donors (Lipinski definition) is 2. The topological polar surface area (TPSA) is 55.8 Å². The molecule has 0 atom stereocenters. The lowest BCUT2D eigenvalue weighted by Gasteiger charge is -2.31. The molecule has 0 amide bonds. The molecule has 1 aliphatic rings. The Labute approximate surface area is 188 Å². The van der Waals surface area contributed by atoms with E-state index in [1.807, 2.05) is 0 Å². The van der Waals surface area contributed by atoms with Gasteiger partial charge in [-0.1, -0.05) is 6.92 Å². The van der Waals surface area contributed by atoms with Crippen LogP contribution in [0.25, 0.3) is 0 Å². The van der Waals surface area contributed by atoms with Crippen LogP contribution in [0.5, 0.6) is 0 Å². The maximum absolute atomic E-state index is 4.89. The minimum absolute atomic E-state index is 0.564. The van der Waals surface area contributed by atoms with Crippen LogP contribution in [0.2, 0.25) is 0 Å². The molecule has 7 heteroatoms. The van der Waals surface area contributed by atoms with E-state index in [0.717, 1.165) is 58.2 Å². The Morgan fingerprint density at radius 1 is 1.20 bits per heavy atom. The van der Waals surface area contributed by atoms with E-state index in [1.165, 1.54) is 23.5 Å². The smallest absolute Gasteiger partial charge is 0.191 e. The monoisotopic (exact) mass is 436 g/mol. The molecular formula is C23H44N6S. The minimum Gasteiger partial charge on any atom is -0.357 e. The number of hydrogen-bond acceptors (Lipinski definition) is 5. The second kappa shape index (κ2) is 13.3. The summed E-state index contributed by atoms with van der Waals surface area (Å²) in [4.78, 5) is 14.7. The van der Waals surface area contributed by atoms with Crippen LogP contribution in [0.1, 0.15) is 65.1 Å². The quantitative estimate of drug-likeness (QED) is 0.410. The number of aliphatic imine (C=N–C) groups is 1. The maximum atomic E-state index is 4.89. The molecule has 0 radical (unpaired) electrons. The van der Waals surface area contributed by atoms with Crippen LogP contribution in [0.3, 0.4) is 0 Å². The average Bonchev–Trinajstić information content (AvgIpc) is 3.17. The van der Waals surface area contributed by atoms with Crippen molar-refractivity contribution in [3.8, 4) is 0 Å². The fourth-order valence-corrected chi connectivity index (χ4v) is 4.85. The summed E-state index contributed by atoms with van der Waals surface area (Å²) >= 11 is 1.79. The molecule has 1 aliphatic heterocycles. The standard InChI is InChI=1S/C23H44N6S/c1-7-22-27-21(17-30-22)16-28-12-9-20(10-13-28)15-26-23(24-8-2)25-11-14-29(18(3)4)19(5)6/h17-20H,7-16H2,1-6H3,(H2,24,25,26). The summed E-state index contributed by atoms with van der Waals surface area (Å²) in [5.74, 6) is 1.64. The molecule has 2 N–H and O–H groups in total. The lowest BCUT2D eigenvalue weighted by Crippen LogP contribution is -2.45. The molecule has 1 aromatic heterocycles. The lowest BCUT2D eigenvalue weighted by molar-refractivity contribution is 0.177. The van der Waals surface area contributed by atoms with Crippen molar-refractivity contribution in [2.75, 3.05) is 39.3 Å². The Hall–Kier alpha value is -1.18. The first kappa shape index (κ1) is 25.1. The van der Waals surface area contributed by atoms with Gasteiger partial charge in [0.05, 0.1) is 10.7 Å². The van der Waals surface area contributed by atoms with E-state index in [9.17, 15) is 0 Å². The lowest BCUT2D eigenvalue weighted by atomic mass is 9.97. The Bertz CT molecular complexity index is 611. The Kier molecular flexibility index (Phi) is 11.1. The number of rotatable bonds is 11. The third kappa shape index (κ3) is 8.52. The fraction of sp³-hybridized carbons (Fsp3) is 0.826. The van der Waals surface area contributed by atoms with Gasteiger partial charge in [0.2, 0.25) is 0 Å². The summed E-state index contributed by atoms with van der Waals surface area (Å²) in [6.07, 6.45) is 3.49. The third-order valence-corrected chi connectivity index (χ3v) is 6.88. The van der Waals surface area contributed by atoms with Crippen molar-refractivity contribution in [3.05, 3.63) is 16.1 Å². The van der Waals surface area contributed by atoms with Gasteiger partial charge in [-0.2, -0.15) is 0 Å². The molecular weight excluding hydrogens is 392 g/mol. The van der Waals surface area contributed by atoms with Gasteiger partial charge in [0.15, 0.2) is 5.96 Å². The first-order valence-corrected chi connectivity index (χ1v) is 12.7. The Morgan fingerprint density at radius 3 is 2.47 bits per heavy atom. The van der Waals surface area contributed by atoms with E-state index in [2.05, 4.69) is 67.4 Å². The van der Waals surface area contributed by atoms with Gasteiger partial charge in [-0.15, -0.1) is 11.3 Å². The van der Waals surface area contributed by atoms with Gasteiger partial charge in [0.25, 0.3) is 0 Å². The predicted molar refractivity (Wildman–Crippen MR) is 130 cm³/mol. The molecule has 0 unspecified atom stereocenters. The number of aromatic nitrogens is 1. The van der Waals surface area contributed by atoms with E-state index >= 15 is 0 Å². The SMILES string of the molecule is CCNC(=NCC1CCN(Cc2csc(CC)n2)CC1)NCCN(C(C)C)C(C)C. The summed E-state index contributed by atoms with van der Waals surface area (Å²) < 4.78 is 0. The average molecular weight is 437 g/mol. The molecule has 0 aromatic carbocycles. The molecule has 1 saturated heterocycles. The second-order valence-electron chi connectivity index (χ2n) is 8.88. The van der Waals surface area contributed by atoms with Crippen molar-refractivity contribution < 1.29 is 0 Å². The molecule has 30 heavy (non-hydrogen) atoms. The molecule has 0 saturated carbocycles. The van der Waals surface area contributed by atoms with Gasteiger partial charge in [-0.25, -0.2) is 4.98 Å². The molecule has 6 nitrogen and oxygen atoms in total. The summed E-state index contributed by atoms with van der Waals surface area (Å²) in [6.45, 7) is 20.5. The van der Waals surface area contributed by atoms with Gasteiger partial charge in [-0.05, 0) is 72.9 Å². The van der Waals surface area contributed by atoms with Gasteiger partial charge in [0.1, 0.15) is 0 Å². The number of aryl methyl sites for hydroxylation is 1. The van der Waals surface area contributed by atoms with Crippen molar-refractivity contribution in [2.24, 2.45) is 10.9 Å². The Morgan fingerprint density at radius 2 is 1.90 bits per heavy atom. The highest BCUT2D eigenvalue weighted by Crippen LogP contribution is 2.20. The predicted octanol–water partition coefficient (Wildman–Crippen LogP) is 3.59. The molecule has 1 fully saturated rings. The van der Waals surface area contributed by atoms with Crippen LogP contribution in [-0.4, -0.2) is 72.1 Å². The number of guanidine groups is 1. The van der Waals surface area contributed by atoms with Crippen LogP contribution in [0, 0.1) is 5.92 Å². The zero-order valence-corrected chi connectivity index (χ0v) is 20.9. The largest absolute Gasteiger partial charge is 0.357 e. The van der Waals surface area contributed by atoms with E-state index in [0.29, 0.717) is 18.0 Å². The molecule has 172 valence electrons. The van der Waals surface area contributed by atoms with Gasteiger partial charge in [0, 0.05) is 50.2 Å². The molecule has 0 aliphatic carbocycles. The highest BCUT2D eigenvalue weighted by atomic mass is 32.1. The number of nitrogens with zero attached hydrogens (tertiary/aromatic N) is 4. The van der Waals surface area contributed by atoms with Crippen molar-refractivity contribution in [3.63, 3.8) is 0 Å². The zero-order valence-electron chi connectivity index (χ0n) is 20.1. The summed E-state index contributed by atoms with van der Waals surface area (Å²) in [5.41, 5.74) is 1.24. The highest BCUT2D eigenvalue weighted by molar-refractivity contribution is 7.09. The molecule has 1 aromatic rings. The van der Waals surface area contributed by atoms with E-state index in [1.54, 1.807) is 11.3 Å². The summed E-state index contributed by atoms with van der Waals surface area (Å²) in [7, 11) is 0. The van der Waals surface area contributed by atoms with Crippen LogP contribution in [0.4, 0.5) is 0 Å². The molecule has 2 heterocycles. The van der Waals surface area contributed by atoms with Gasteiger partial charge < -0.3 is 10.6 Å². The highest BCUT2D eigenvalue weighted by Gasteiger charge is 2.20. The van der Waals surface area contributed by atoms with Crippen molar-refractivity contribution >= 4 is 17.3 Å². The van der Waals surface area contributed by atoms with E-state index in [4.69, 9.17) is 9.98 Å². The molecule has 2 rings (SSSR count). The maximum Gasteiger partial charge on any atom is 0.191 e.